The molecule has 2 N–H and O–H groups in total. The zero-order valence-corrected chi connectivity index (χ0v) is 16.2. The summed E-state index contributed by atoms with van der Waals surface area (Å²) in [5, 5.41) is 3.06. The van der Waals surface area contributed by atoms with Crippen LogP contribution in [0.3, 0.4) is 0 Å². The fraction of sp³-hybridized carbons (Fsp3) is 0.333. The van der Waals surface area contributed by atoms with Crippen LogP contribution in [0.2, 0.25) is 0 Å². The van der Waals surface area contributed by atoms with Crippen molar-refractivity contribution in [2.45, 2.75) is 25.8 Å². The van der Waals surface area contributed by atoms with Gasteiger partial charge < -0.3 is 19.9 Å². The average Bonchev–Trinajstić information content (AvgIpc) is 3.23. The number of nitrogens with one attached hydrogen (secondary N) is 2. The van der Waals surface area contributed by atoms with Crippen molar-refractivity contribution in [1.82, 2.24) is 25.2 Å². The number of hydrogen-bond donors (Lipinski definition) is 2. The van der Waals surface area contributed by atoms with Crippen molar-refractivity contribution in [3.05, 3.63) is 48.5 Å². The summed E-state index contributed by atoms with van der Waals surface area (Å²) < 4.78 is 5.03. The van der Waals surface area contributed by atoms with Gasteiger partial charge in [-0.2, -0.15) is 0 Å². The number of amides is 2. The molecule has 2 amide bonds. The Morgan fingerprint density at radius 3 is 2.69 bits per heavy atom. The maximum Gasteiger partial charge on any atom is 0.409 e. The minimum absolute atomic E-state index is 0.0508. The third kappa shape index (κ3) is 4.06. The number of imidazole rings is 1. The van der Waals surface area contributed by atoms with Gasteiger partial charge in [-0.3, -0.25) is 9.78 Å². The molecule has 3 aromatic rings. The van der Waals surface area contributed by atoms with Crippen LogP contribution in [0, 0.1) is 0 Å². The second-order valence-electron chi connectivity index (χ2n) is 7.00. The molecule has 150 valence electrons. The maximum absolute atomic E-state index is 12.6. The lowest BCUT2D eigenvalue weighted by atomic mass is 10.0. The van der Waals surface area contributed by atoms with Gasteiger partial charge in [-0.15, -0.1) is 0 Å². The van der Waals surface area contributed by atoms with Gasteiger partial charge in [0.05, 0.1) is 30.2 Å². The normalized spacial score (nSPS) is 14.7. The molecule has 1 aliphatic heterocycles. The molecule has 0 spiro atoms. The Bertz CT molecular complexity index is 1010. The van der Waals surface area contributed by atoms with E-state index in [4.69, 9.17) is 4.74 Å². The van der Waals surface area contributed by atoms with Gasteiger partial charge in [-0.05, 0) is 37.5 Å². The van der Waals surface area contributed by atoms with Gasteiger partial charge >= 0.3 is 6.09 Å². The van der Waals surface area contributed by atoms with Crippen LogP contribution in [0.25, 0.3) is 22.2 Å². The van der Waals surface area contributed by atoms with Gasteiger partial charge in [0.2, 0.25) is 0 Å². The van der Waals surface area contributed by atoms with Crippen LogP contribution in [0.1, 0.15) is 30.1 Å². The number of carbonyl (C=O) groups excluding carboxylic acids is 2. The molecular weight excluding hydrogens is 370 g/mol. The van der Waals surface area contributed by atoms with Crippen LogP contribution in [-0.2, 0) is 4.74 Å². The van der Waals surface area contributed by atoms with Crippen molar-refractivity contribution in [1.29, 1.82) is 0 Å². The third-order valence-corrected chi connectivity index (χ3v) is 5.15. The Labute approximate surface area is 168 Å². The number of ether oxygens (including phenoxy) is 1. The van der Waals surface area contributed by atoms with Crippen LogP contribution in [0.5, 0.6) is 0 Å². The first kappa shape index (κ1) is 18.9. The van der Waals surface area contributed by atoms with Crippen molar-refractivity contribution in [2.75, 3.05) is 19.7 Å². The van der Waals surface area contributed by atoms with E-state index in [0.717, 1.165) is 35.0 Å². The largest absolute Gasteiger partial charge is 0.450 e. The highest BCUT2D eigenvalue weighted by Crippen LogP contribution is 2.25. The van der Waals surface area contributed by atoms with E-state index >= 15 is 0 Å². The van der Waals surface area contributed by atoms with Crippen molar-refractivity contribution in [2.24, 2.45) is 0 Å². The summed E-state index contributed by atoms with van der Waals surface area (Å²) >= 11 is 0. The van der Waals surface area contributed by atoms with E-state index in [0.29, 0.717) is 25.3 Å². The second-order valence-corrected chi connectivity index (χ2v) is 7.00. The van der Waals surface area contributed by atoms with Crippen molar-refractivity contribution >= 4 is 23.0 Å². The number of nitrogens with zero attached hydrogens (tertiary/aromatic N) is 3. The molecule has 1 saturated heterocycles. The average molecular weight is 393 g/mol. The number of benzene rings is 1. The number of pyridine rings is 1. The Morgan fingerprint density at radius 1 is 1.21 bits per heavy atom. The minimum Gasteiger partial charge on any atom is -0.450 e. The molecule has 8 nitrogen and oxygen atoms in total. The second kappa shape index (κ2) is 8.30. The molecule has 0 unspecified atom stereocenters. The highest BCUT2D eigenvalue weighted by molar-refractivity contribution is 5.96. The van der Waals surface area contributed by atoms with Crippen LogP contribution < -0.4 is 5.32 Å². The van der Waals surface area contributed by atoms with Gasteiger partial charge in [0.1, 0.15) is 0 Å². The molecule has 1 aliphatic rings. The number of H-pyrrole nitrogens is 1. The lowest BCUT2D eigenvalue weighted by Gasteiger charge is -2.31. The van der Waals surface area contributed by atoms with E-state index < -0.39 is 0 Å². The Balaban J connectivity index is 1.38. The molecule has 0 aliphatic carbocycles. The fourth-order valence-corrected chi connectivity index (χ4v) is 3.57. The molecule has 0 radical (unpaired) electrons. The number of rotatable bonds is 4. The van der Waals surface area contributed by atoms with Crippen LogP contribution in [-0.4, -0.2) is 57.6 Å². The molecule has 1 aromatic carbocycles. The van der Waals surface area contributed by atoms with E-state index in [1.165, 1.54) is 0 Å². The van der Waals surface area contributed by atoms with E-state index in [2.05, 4.69) is 20.3 Å². The first-order valence-electron chi connectivity index (χ1n) is 9.75. The van der Waals surface area contributed by atoms with Crippen molar-refractivity contribution in [3.8, 4) is 11.1 Å². The molecule has 2 aromatic heterocycles. The highest BCUT2D eigenvalue weighted by atomic mass is 16.6. The zero-order chi connectivity index (χ0) is 20.2. The lowest BCUT2D eigenvalue weighted by molar-refractivity contribution is 0.0860. The third-order valence-electron chi connectivity index (χ3n) is 5.15. The number of aromatic amines is 1. The highest BCUT2D eigenvalue weighted by Gasteiger charge is 2.24. The number of aromatic nitrogens is 3. The summed E-state index contributed by atoms with van der Waals surface area (Å²) in [6, 6.07) is 7.48. The van der Waals surface area contributed by atoms with Crippen molar-refractivity contribution in [3.63, 3.8) is 0 Å². The Morgan fingerprint density at radius 2 is 1.97 bits per heavy atom. The van der Waals surface area contributed by atoms with E-state index in [-0.39, 0.29) is 18.0 Å². The molecule has 0 bridgehead atoms. The summed E-state index contributed by atoms with van der Waals surface area (Å²) in [7, 11) is 0. The van der Waals surface area contributed by atoms with E-state index in [1.54, 1.807) is 30.5 Å². The molecule has 29 heavy (non-hydrogen) atoms. The summed E-state index contributed by atoms with van der Waals surface area (Å²) in [5.41, 5.74) is 4.20. The number of hydrogen-bond acceptors (Lipinski definition) is 5. The lowest BCUT2D eigenvalue weighted by Crippen LogP contribution is -2.46. The first-order valence-corrected chi connectivity index (χ1v) is 9.75. The zero-order valence-electron chi connectivity index (χ0n) is 16.2. The Kier molecular flexibility index (Phi) is 5.41. The number of fused-ring (bicyclic) bond motifs is 1. The molecule has 0 atom stereocenters. The molecule has 4 rings (SSSR count). The summed E-state index contributed by atoms with van der Waals surface area (Å²) in [5.74, 6) is -0.109. The van der Waals surface area contributed by atoms with Crippen molar-refractivity contribution < 1.29 is 14.3 Å². The summed E-state index contributed by atoms with van der Waals surface area (Å²) in [4.78, 5) is 37.7. The van der Waals surface area contributed by atoms with Gasteiger partial charge in [0.25, 0.3) is 5.91 Å². The van der Waals surface area contributed by atoms with Crippen LogP contribution >= 0.6 is 0 Å². The molecule has 8 heteroatoms. The smallest absolute Gasteiger partial charge is 0.409 e. The summed E-state index contributed by atoms with van der Waals surface area (Å²) in [6.07, 6.45) is 6.31. The topological polar surface area (TPSA) is 100 Å². The van der Waals surface area contributed by atoms with E-state index in [9.17, 15) is 9.59 Å². The SMILES string of the molecule is CCOC(=O)N1CCC(NC(=O)c2ccc(-c3cncc4[nH]cnc34)cc2)CC1. The fourth-order valence-electron chi connectivity index (χ4n) is 3.57. The van der Waals surface area contributed by atoms with Crippen LogP contribution in [0.15, 0.2) is 43.0 Å². The van der Waals surface area contributed by atoms with E-state index in [1.807, 2.05) is 24.3 Å². The number of likely N-dealkylation sites (tertiary alicyclic amines) is 1. The quantitative estimate of drug-likeness (QED) is 0.710. The predicted octanol–water partition coefficient (Wildman–Crippen LogP) is 2.98. The molecular formula is C21H23N5O3. The maximum atomic E-state index is 12.6. The van der Waals surface area contributed by atoms with Gasteiger partial charge in [-0.25, -0.2) is 9.78 Å². The predicted molar refractivity (Wildman–Crippen MR) is 108 cm³/mol. The van der Waals surface area contributed by atoms with Gasteiger partial charge in [0, 0.05) is 36.5 Å². The summed E-state index contributed by atoms with van der Waals surface area (Å²) in [6.45, 7) is 3.34. The Hall–Kier alpha value is -3.42. The number of carbonyl (C=O) groups is 2. The minimum atomic E-state index is -0.283. The molecule has 0 saturated carbocycles. The first-order chi connectivity index (χ1) is 14.2. The van der Waals surface area contributed by atoms with Crippen LogP contribution in [0.4, 0.5) is 4.79 Å². The standard InChI is InChI=1S/C21H23N5O3/c1-2-29-21(28)26-9-7-16(8-10-26)25-20(27)15-5-3-14(4-6-15)17-11-22-12-18-19(17)24-13-23-18/h3-6,11-13,16H,2,7-10H2,1H3,(H,23,24)(H,25,27). The molecule has 3 heterocycles. The molecule has 1 fully saturated rings. The van der Waals surface area contributed by atoms with Gasteiger partial charge in [0.15, 0.2) is 0 Å². The number of piperidine rings is 1. The monoisotopic (exact) mass is 393 g/mol. The van der Waals surface area contributed by atoms with Gasteiger partial charge in [-0.1, -0.05) is 12.1 Å².